The van der Waals surface area contributed by atoms with Gasteiger partial charge in [-0.15, -0.1) is 0 Å². The second kappa shape index (κ2) is 13.1. The number of carbonyl (C=O) groups is 2. The summed E-state index contributed by atoms with van der Waals surface area (Å²) in [7, 11) is -3.83. The van der Waals surface area contributed by atoms with Crippen LogP contribution in [0.2, 0.25) is 0 Å². The molecule has 0 aliphatic carbocycles. The molecule has 0 aliphatic heterocycles. The first-order valence-corrected chi connectivity index (χ1v) is 15.8. The van der Waals surface area contributed by atoms with Crippen molar-refractivity contribution in [3.05, 3.63) is 98.9 Å². The molecule has 0 unspecified atom stereocenters. The summed E-state index contributed by atoms with van der Waals surface area (Å²) in [6.45, 7) is 5.29. The predicted octanol–water partition coefficient (Wildman–Crippen LogP) is 5.53. The molecule has 0 aromatic heterocycles. The number of nitrogens with one attached hydrogen (secondary N) is 1. The molecule has 3 rings (SSSR count). The van der Waals surface area contributed by atoms with Crippen molar-refractivity contribution >= 4 is 59.4 Å². The molecule has 0 bridgehead atoms. The number of hydrogen-bond donors (Lipinski definition) is 1. The van der Waals surface area contributed by atoms with Crippen molar-refractivity contribution in [3.63, 3.8) is 0 Å². The highest BCUT2D eigenvalue weighted by Crippen LogP contribution is 2.28. The van der Waals surface area contributed by atoms with Gasteiger partial charge in [-0.25, -0.2) is 8.42 Å². The first-order chi connectivity index (χ1) is 18.2. The number of sulfonamides is 1. The molecule has 0 aliphatic rings. The van der Waals surface area contributed by atoms with Gasteiger partial charge in [-0.3, -0.25) is 13.9 Å². The second-order valence-electron chi connectivity index (χ2n) is 10.3. The van der Waals surface area contributed by atoms with Crippen LogP contribution in [0.25, 0.3) is 0 Å². The molecule has 0 fully saturated rings. The summed E-state index contributed by atoms with van der Waals surface area (Å²) in [5.74, 6) is -0.812. The van der Waals surface area contributed by atoms with E-state index in [4.69, 9.17) is 0 Å². The molecule has 0 heterocycles. The molecule has 0 saturated heterocycles. The van der Waals surface area contributed by atoms with Gasteiger partial charge < -0.3 is 10.2 Å². The van der Waals surface area contributed by atoms with Crippen LogP contribution in [-0.4, -0.2) is 49.5 Å². The Balaban J connectivity index is 2.08. The van der Waals surface area contributed by atoms with Crippen LogP contribution in [0, 0.1) is 0 Å². The molecule has 3 aromatic carbocycles. The van der Waals surface area contributed by atoms with E-state index in [0.29, 0.717) is 10.2 Å². The van der Waals surface area contributed by atoms with Gasteiger partial charge in [-0.2, -0.15) is 0 Å². The Labute approximate surface area is 247 Å². The third kappa shape index (κ3) is 9.19. The van der Waals surface area contributed by atoms with Crippen molar-refractivity contribution < 1.29 is 18.0 Å². The van der Waals surface area contributed by atoms with E-state index in [1.807, 2.05) is 75.4 Å². The van der Waals surface area contributed by atoms with Crippen molar-refractivity contribution in [1.82, 2.24) is 10.2 Å². The van der Waals surface area contributed by atoms with Gasteiger partial charge in [-0.05, 0) is 72.1 Å². The predicted molar refractivity (Wildman–Crippen MR) is 163 cm³/mol. The monoisotopic (exact) mass is 677 g/mol. The van der Waals surface area contributed by atoms with Crippen molar-refractivity contribution in [2.24, 2.45) is 0 Å². The lowest BCUT2D eigenvalue weighted by molar-refractivity contribution is -0.140. The number of halogens is 2. The maximum absolute atomic E-state index is 14.1. The van der Waals surface area contributed by atoms with Crippen LogP contribution in [0.3, 0.4) is 0 Å². The van der Waals surface area contributed by atoms with Crippen LogP contribution in [0.15, 0.2) is 87.8 Å². The summed E-state index contributed by atoms with van der Waals surface area (Å²) in [5.41, 5.74) is 1.49. The molecule has 39 heavy (non-hydrogen) atoms. The minimum atomic E-state index is -3.83. The summed E-state index contributed by atoms with van der Waals surface area (Å²) in [6, 6.07) is 22.9. The van der Waals surface area contributed by atoms with E-state index in [2.05, 4.69) is 37.2 Å². The van der Waals surface area contributed by atoms with Gasteiger partial charge in [0.1, 0.15) is 12.6 Å². The molecule has 2 amide bonds. The van der Waals surface area contributed by atoms with E-state index in [1.54, 1.807) is 24.3 Å². The minimum Gasteiger partial charge on any atom is -0.350 e. The highest BCUT2D eigenvalue weighted by Gasteiger charge is 2.34. The van der Waals surface area contributed by atoms with Crippen LogP contribution in [-0.2, 0) is 32.6 Å². The second-order valence-corrected chi connectivity index (χ2v) is 14.0. The third-order valence-electron chi connectivity index (χ3n) is 5.84. The molecule has 7 nitrogen and oxygen atoms in total. The summed E-state index contributed by atoms with van der Waals surface area (Å²) >= 11 is 6.84. The fourth-order valence-corrected chi connectivity index (χ4v) is 5.78. The fraction of sp³-hybridized carbons (Fsp3) is 0.310. The van der Waals surface area contributed by atoms with Crippen molar-refractivity contribution in [1.29, 1.82) is 0 Å². The smallest absolute Gasteiger partial charge is 0.244 e. The van der Waals surface area contributed by atoms with E-state index in [9.17, 15) is 18.0 Å². The number of amides is 2. The van der Waals surface area contributed by atoms with E-state index < -0.39 is 34.1 Å². The maximum Gasteiger partial charge on any atom is 0.244 e. The van der Waals surface area contributed by atoms with Gasteiger partial charge in [0.15, 0.2) is 0 Å². The van der Waals surface area contributed by atoms with Crippen LogP contribution in [0.4, 0.5) is 5.69 Å². The van der Waals surface area contributed by atoms with E-state index >= 15 is 0 Å². The Kier molecular flexibility index (Phi) is 10.4. The third-order valence-corrected chi connectivity index (χ3v) is 8.16. The average molecular weight is 679 g/mol. The number of para-hydroxylation sites is 1. The molecular weight excluding hydrogens is 646 g/mol. The van der Waals surface area contributed by atoms with Gasteiger partial charge in [0.2, 0.25) is 21.8 Å². The molecule has 208 valence electrons. The Morgan fingerprint density at radius 2 is 1.46 bits per heavy atom. The topological polar surface area (TPSA) is 86.8 Å². The highest BCUT2D eigenvalue weighted by molar-refractivity contribution is 9.10. The zero-order chi connectivity index (χ0) is 28.8. The van der Waals surface area contributed by atoms with Crippen LogP contribution >= 0.6 is 31.9 Å². The average Bonchev–Trinajstić information content (AvgIpc) is 2.85. The number of rotatable bonds is 10. The first-order valence-electron chi connectivity index (χ1n) is 12.4. The van der Waals surface area contributed by atoms with Crippen molar-refractivity contribution in [2.45, 2.75) is 45.3 Å². The standard InChI is InChI=1S/C29H33Br2N3O4S/c1-29(2,3)32-28(36)26(18-21-10-6-5-7-11-21)33(19-22-14-16-23(30)17-15-22)27(35)20-34(39(4,37)38)25-13-9-8-12-24(25)31/h5-17,26H,18-20H2,1-4H3,(H,32,36)/t26-/m1/s1. The summed E-state index contributed by atoms with van der Waals surface area (Å²) in [4.78, 5) is 29.3. The molecule has 0 radical (unpaired) electrons. The molecule has 10 heteroatoms. The van der Waals surface area contributed by atoms with E-state index in [0.717, 1.165) is 26.2 Å². The van der Waals surface area contributed by atoms with Crippen LogP contribution in [0.1, 0.15) is 31.9 Å². The number of anilines is 1. The van der Waals surface area contributed by atoms with Gasteiger partial charge in [0, 0.05) is 27.4 Å². The van der Waals surface area contributed by atoms with Gasteiger partial charge >= 0.3 is 0 Å². The van der Waals surface area contributed by atoms with Gasteiger partial charge in [0.25, 0.3) is 0 Å². The van der Waals surface area contributed by atoms with Crippen molar-refractivity contribution in [2.75, 3.05) is 17.1 Å². The Bertz CT molecular complexity index is 1390. The Morgan fingerprint density at radius 3 is 2.03 bits per heavy atom. The quantitative estimate of drug-likeness (QED) is 0.306. The lowest BCUT2D eigenvalue weighted by Crippen LogP contribution is -2.56. The summed E-state index contributed by atoms with van der Waals surface area (Å²) in [5, 5.41) is 3.01. The molecule has 3 aromatic rings. The fourth-order valence-electron chi connectivity index (χ4n) is 4.04. The lowest BCUT2D eigenvalue weighted by atomic mass is 10.0. The maximum atomic E-state index is 14.1. The van der Waals surface area contributed by atoms with Crippen LogP contribution < -0.4 is 9.62 Å². The van der Waals surface area contributed by atoms with E-state index in [-0.39, 0.29) is 18.9 Å². The molecule has 1 atom stereocenters. The van der Waals surface area contributed by atoms with Crippen LogP contribution in [0.5, 0.6) is 0 Å². The summed E-state index contributed by atoms with van der Waals surface area (Å²) < 4.78 is 28.2. The number of carbonyl (C=O) groups excluding carboxylic acids is 2. The zero-order valence-corrected chi connectivity index (χ0v) is 26.4. The van der Waals surface area contributed by atoms with Crippen molar-refractivity contribution in [3.8, 4) is 0 Å². The number of nitrogens with zero attached hydrogens (tertiary/aromatic N) is 2. The molecule has 0 spiro atoms. The summed E-state index contributed by atoms with van der Waals surface area (Å²) in [6.07, 6.45) is 1.32. The lowest BCUT2D eigenvalue weighted by Gasteiger charge is -2.35. The normalized spacial score (nSPS) is 12.5. The molecule has 0 saturated carbocycles. The largest absolute Gasteiger partial charge is 0.350 e. The van der Waals surface area contributed by atoms with E-state index in [1.165, 1.54) is 4.90 Å². The minimum absolute atomic E-state index is 0.120. The zero-order valence-electron chi connectivity index (χ0n) is 22.4. The first kappa shape index (κ1) is 30.8. The Hall–Kier alpha value is -2.69. The highest BCUT2D eigenvalue weighted by atomic mass is 79.9. The van der Waals surface area contributed by atoms with Gasteiger partial charge in [-0.1, -0.05) is 70.5 Å². The SMILES string of the molecule is CC(C)(C)NC(=O)[C@@H](Cc1ccccc1)N(Cc1ccc(Br)cc1)C(=O)CN(c1ccccc1Br)S(C)(=O)=O. The van der Waals surface area contributed by atoms with Gasteiger partial charge in [0.05, 0.1) is 11.9 Å². The number of hydrogen-bond acceptors (Lipinski definition) is 4. The Morgan fingerprint density at radius 1 is 0.872 bits per heavy atom. The molecular formula is C29H33Br2N3O4S. The molecule has 1 N–H and O–H groups in total. The number of benzene rings is 3.